The van der Waals surface area contributed by atoms with Crippen molar-refractivity contribution in [1.29, 1.82) is 0 Å². The number of carbonyl (C=O) groups is 12. The molecule has 38 nitrogen and oxygen atoms in total. The van der Waals surface area contributed by atoms with Gasteiger partial charge in [0.05, 0.1) is 55.4 Å². The highest BCUT2D eigenvalue weighted by Gasteiger charge is 2.43. The summed E-state index contributed by atoms with van der Waals surface area (Å²) in [5, 5.41) is 68.3. The third kappa shape index (κ3) is 28.6. The van der Waals surface area contributed by atoms with Gasteiger partial charge in [-0.15, -0.1) is 0 Å². The molecule has 1 aliphatic carbocycles. The Morgan fingerprint density at radius 1 is 0.660 bits per heavy atom. The minimum absolute atomic E-state index is 0.0230. The summed E-state index contributed by atoms with van der Waals surface area (Å²) in [6.07, 6.45) is 0.0859. The summed E-state index contributed by atoms with van der Waals surface area (Å²) in [6.45, 7) is -0.917. The number of carboxylic acids is 5. The number of aliphatic carboxylic acids is 5. The topological polar surface area (TPSA) is 612 Å². The Labute approximate surface area is 541 Å². The first kappa shape index (κ1) is 79.5. The van der Waals surface area contributed by atoms with E-state index in [1.54, 1.807) is 5.32 Å². The monoisotopic (exact) mass is 1430 g/mol. The van der Waals surface area contributed by atoms with Crippen molar-refractivity contribution in [2.75, 3.05) is 23.8 Å². The Morgan fingerprint density at radius 2 is 1.20 bits per heavy atom. The first-order chi connectivity index (χ1) is 44.0. The van der Waals surface area contributed by atoms with Crippen molar-refractivity contribution in [2.45, 2.75) is 171 Å². The number of carbonyl (C=O) groups excluding carboxylic acids is 7. The van der Waals surface area contributed by atoms with Crippen LogP contribution in [0.4, 0.5) is 5.82 Å². The molecule has 2 aliphatic rings. The van der Waals surface area contributed by atoms with Gasteiger partial charge in [0, 0.05) is 62.1 Å². The van der Waals surface area contributed by atoms with Gasteiger partial charge in [0.1, 0.15) is 60.1 Å². The number of ketones is 2. The zero-order valence-electron chi connectivity index (χ0n) is 49.7. The van der Waals surface area contributed by atoms with Crippen LogP contribution in [-0.4, -0.2) is 196 Å². The molecule has 0 radical (unpaired) electrons. The van der Waals surface area contributed by atoms with E-state index in [2.05, 4.69) is 45.6 Å². The maximum absolute atomic E-state index is 13.6. The van der Waals surface area contributed by atoms with Gasteiger partial charge in [-0.2, -0.15) is 8.62 Å². The number of hydrogen-bond acceptors (Lipinski definition) is 25. The summed E-state index contributed by atoms with van der Waals surface area (Å²) >= 11 is 0. The summed E-state index contributed by atoms with van der Waals surface area (Å²) < 4.78 is 54.2. The van der Waals surface area contributed by atoms with Crippen LogP contribution in [0.25, 0.3) is 11.0 Å². The number of phosphoric acid groups is 3. The van der Waals surface area contributed by atoms with E-state index in [1.165, 1.54) is 32.4 Å². The van der Waals surface area contributed by atoms with Crippen molar-refractivity contribution in [3.63, 3.8) is 0 Å². The molecule has 522 valence electrons. The predicted octanol–water partition coefficient (Wildman–Crippen LogP) is 0.375. The Balaban J connectivity index is 1.20. The van der Waals surface area contributed by atoms with Gasteiger partial charge >= 0.3 is 53.3 Å². The van der Waals surface area contributed by atoms with Gasteiger partial charge in [-0.3, -0.25) is 42.9 Å². The zero-order valence-corrected chi connectivity index (χ0v) is 54.0. The molecule has 17 N–H and O–H groups in total. The lowest BCUT2D eigenvalue weighted by atomic mass is 9.88. The molecule has 0 aromatic carbocycles. The van der Waals surface area contributed by atoms with Crippen molar-refractivity contribution >= 4 is 133 Å². The third-order valence-corrected chi connectivity index (χ3v) is 20.1. The number of anilines is 1. The summed E-state index contributed by atoms with van der Waals surface area (Å²) in [5.74, 6) is -7.84. The average molecular weight is 1430 g/mol. The van der Waals surface area contributed by atoms with Crippen LogP contribution in [0.15, 0.2) is 12.5 Å². The van der Waals surface area contributed by atoms with Gasteiger partial charge in [0.2, 0.25) is 29.5 Å². The first-order valence-corrected chi connectivity index (χ1v) is 35.7. The first-order valence-electron chi connectivity index (χ1n) is 28.6. The number of Topliss-reactive ketones (excluding diaryl/α,β-unsaturated/α-hetero) is 2. The van der Waals surface area contributed by atoms with Crippen molar-refractivity contribution < 1.29 is 139 Å². The van der Waals surface area contributed by atoms with E-state index in [0.29, 0.717) is 48.8 Å². The van der Waals surface area contributed by atoms with E-state index < -0.39 is 158 Å². The Kier molecular flexibility index (Phi) is 32.1. The van der Waals surface area contributed by atoms with Crippen LogP contribution in [0.3, 0.4) is 0 Å². The Morgan fingerprint density at radius 3 is 1.74 bits per heavy atom. The van der Waals surface area contributed by atoms with Crippen LogP contribution >= 0.6 is 45.1 Å². The van der Waals surface area contributed by atoms with Crippen molar-refractivity contribution in [1.82, 2.24) is 41.1 Å². The fourth-order valence-electron chi connectivity index (χ4n) is 9.28. The normalized spacial score (nSPS) is 18.6. The molecule has 2 aromatic rings. The van der Waals surface area contributed by atoms with Crippen LogP contribution in [0.2, 0.25) is 0 Å². The third-order valence-electron chi connectivity index (χ3n) is 13.8. The van der Waals surface area contributed by atoms with E-state index in [4.69, 9.17) is 30.5 Å². The standard InChI is InChI=1S/C51H72N9O29P3S2/c52-45-44-28(23-60(46(44)54-26-53-45)42-22-36(63)37(87-42)24-86-91(82,83)89-92(84,85)88-90(79,80)81)12-8-9-13-29(61)16-17-93-94-25-34(59-47(70)27-10-4-3-5-11-27)35(62)14-6-1-2-7-15-38(64)55-30(48(71)72)18-39(65)56-31(49(73)74)19-40(66)57-32(50(75)76)20-41(67)58-33(51(77)78)21-43(68)69/h23,26-27,30-34,36-37,42,63H,1-7,9-11,13-22,24-25H2,(H,55,64)(H,56,65)(H,57,66)(H,58,67)(H,59,70)(H,68,69)(H,71,72)(H,73,74)(H,75,76)(H,77,78)(H,82,83)(H,84,85)(H2,52,53,54)(H2,79,80,81). The van der Waals surface area contributed by atoms with E-state index in [1.807, 2.05) is 10.6 Å². The molecule has 5 amide bonds. The molecule has 10 unspecified atom stereocenters. The number of carboxylic acid groups (broad SMARTS) is 5. The van der Waals surface area contributed by atoms with Crippen molar-refractivity contribution in [2.24, 2.45) is 5.92 Å². The largest absolute Gasteiger partial charge is 0.490 e. The number of nitrogens with one attached hydrogen (secondary N) is 5. The smallest absolute Gasteiger partial charge is 0.481 e. The zero-order chi connectivity index (χ0) is 70.1. The van der Waals surface area contributed by atoms with Crippen molar-refractivity contribution in [3.05, 3.63) is 18.1 Å². The second-order valence-corrected chi connectivity index (χ2v) is 28.3. The van der Waals surface area contributed by atoms with Crippen LogP contribution < -0.4 is 32.3 Å². The van der Waals surface area contributed by atoms with E-state index in [9.17, 15) is 101 Å². The van der Waals surface area contributed by atoms with E-state index in [0.717, 1.165) is 25.6 Å². The summed E-state index contributed by atoms with van der Waals surface area (Å²) in [5.41, 5.74) is 6.69. The Bertz CT molecular complexity index is 3320. The summed E-state index contributed by atoms with van der Waals surface area (Å²) in [7, 11) is -14.3. The van der Waals surface area contributed by atoms with Gasteiger partial charge in [-0.1, -0.05) is 65.5 Å². The lowest BCUT2D eigenvalue weighted by Crippen LogP contribution is -2.51. The number of aliphatic hydroxyl groups excluding tert-OH is 1. The molecule has 10 atom stereocenters. The van der Waals surface area contributed by atoms with Gasteiger partial charge in [0.25, 0.3) is 0 Å². The molecule has 2 aromatic heterocycles. The van der Waals surface area contributed by atoms with Crippen LogP contribution in [0, 0.1) is 17.8 Å². The minimum atomic E-state index is -5.80. The van der Waals surface area contributed by atoms with E-state index in [-0.39, 0.29) is 85.6 Å². The van der Waals surface area contributed by atoms with Crippen LogP contribution in [0.5, 0.6) is 0 Å². The number of amides is 5. The number of unbranched alkanes of at least 4 members (excludes halogenated alkanes) is 3. The van der Waals surface area contributed by atoms with Crippen molar-refractivity contribution in [3.8, 4) is 11.8 Å². The van der Waals surface area contributed by atoms with Gasteiger partial charge in [-0.05, 0) is 25.7 Å². The lowest BCUT2D eigenvalue weighted by molar-refractivity contribution is -0.148. The fourth-order valence-corrected chi connectivity index (χ4v) is 14.5. The second-order valence-electron chi connectivity index (χ2n) is 21.2. The SMILES string of the molecule is Nc1ncnc2c1c(C#CCCC(=O)CCSSCC(NC(=O)C1CCCCC1)C(=O)CCCCCCC(=O)NC(CC(=O)NC(CC(=O)NC(CC(=O)NC(CC(=O)O)C(=O)O)C(=O)O)C(=O)O)C(=O)O)cn2C1CC(O)C(COP(=O)(O)OP(=O)(O)OP(=O)(O)O)O1. The molecule has 94 heavy (non-hydrogen) atoms. The number of aromatic nitrogens is 3. The van der Waals surface area contributed by atoms with Crippen LogP contribution in [-0.2, 0) is 89.1 Å². The molecular weight excluding hydrogens is 1360 g/mol. The Hall–Kier alpha value is -6.95. The second kappa shape index (κ2) is 38.0. The molecule has 0 spiro atoms. The molecular formula is C51H72N9O29P3S2. The summed E-state index contributed by atoms with van der Waals surface area (Å²) in [4.78, 5) is 193. The van der Waals surface area contributed by atoms with Gasteiger partial charge in [0.15, 0.2) is 5.78 Å². The maximum atomic E-state index is 13.6. The molecule has 4 rings (SSSR count). The highest BCUT2D eigenvalue weighted by Crippen LogP contribution is 2.66. The number of fused-ring (bicyclic) bond motifs is 1. The minimum Gasteiger partial charge on any atom is -0.481 e. The number of nitrogens with zero attached hydrogens (tertiary/aromatic N) is 3. The van der Waals surface area contributed by atoms with Gasteiger partial charge in [-0.25, -0.2) is 42.8 Å². The predicted molar refractivity (Wildman–Crippen MR) is 323 cm³/mol. The fraction of sp³-hybridized carbons (Fsp3) is 0.608. The number of aliphatic hydroxyl groups is 1. The highest BCUT2D eigenvalue weighted by atomic mass is 33.1. The molecule has 1 saturated heterocycles. The van der Waals surface area contributed by atoms with Gasteiger partial charge < -0.3 is 91.8 Å². The molecule has 43 heteroatoms. The molecule has 3 heterocycles. The molecule has 1 saturated carbocycles. The lowest BCUT2D eigenvalue weighted by Gasteiger charge is -2.24. The molecule has 1 aliphatic heterocycles. The number of rotatable bonds is 42. The number of hydrogen-bond donors (Lipinski definition) is 16. The average Bonchev–Trinajstić information content (AvgIpc) is 1.62. The maximum Gasteiger partial charge on any atom is 0.490 e. The number of phosphoric ester groups is 1. The number of nitrogen functional groups attached to an aromatic ring is 1. The van der Waals surface area contributed by atoms with E-state index >= 15 is 0 Å². The number of nitrogens with two attached hydrogens (primary N) is 1. The van der Waals surface area contributed by atoms with Crippen LogP contribution in [0.1, 0.15) is 134 Å². The molecule has 0 bridgehead atoms. The quantitative estimate of drug-likeness (QED) is 0.0185. The summed E-state index contributed by atoms with van der Waals surface area (Å²) in [6, 6.07) is -8.84. The molecule has 2 fully saturated rings. The highest BCUT2D eigenvalue weighted by molar-refractivity contribution is 8.76. The number of ether oxygens (including phenoxy) is 1.